The van der Waals surface area contributed by atoms with Gasteiger partial charge in [-0.25, -0.2) is 0 Å². The number of hydrogen-bond donors (Lipinski definition) is 0. The normalized spacial score (nSPS) is 13.1. The molecule has 0 saturated carbocycles. The van der Waals surface area contributed by atoms with Gasteiger partial charge in [-0.3, -0.25) is 0 Å². The second-order valence-corrected chi connectivity index (χ2v) is 15.2. The van der Waals surface area contributed by atoms with Crippen LogP contribution in [0.15, 0.2) is 218 Å². The standard InChI is InChI=1S/C55H36N2/c1-3-17-37(18-4-1)41-21-10-15-29-52(41)56(40-32-34-47-46-25-11-16-30-53(46)57(54(47)36-40)38-19-5-2-6-20-38)39-31-33-45-44-24-9-14-28-50(44)55(51(45)35-39)48-26-12-7-22-42(48)43-23-8-13-27-49(43)55/h1-36H. The Morgan fingerprint density at radius 2 is 0.825 bits per heavy atom. The van der Waals surface area contributed by atoms with E-state index in [0.29, 0.717) is 0 Å². The molecule has 2 aliphatic rings. The van der Waals surface area contributed by atoms with Gasteiger partial charge in [0.2, 0.25) is 0 Å². The minimum Gasteiger partial charge on any atom is -0.310 e. The molecule has 0 atom stereocenters. The lowest BCUT2D eigenvalue weighted by Crippen LogP contribution is -2.26. The molecule has 1 aromatic heterocycles. The lowest BCUT2D eigenvalue weighted by atomic mass is 9.70. The molecule has 1 heterocycles. The van der Waals surface area contributed by atoms with Crippen LogP contribution in [0.5, 0.6) is 0 Å². The zero-order valence-corrected chi connectivity index (χ0v) is 31.2. The van der Waals surface area contributed by atoms with Gasteiger partial charge in [0.05, 0.1) is 22.1 Å². The molecular formula is C55H36N2. The van der Waals surface area contributed by atoms with Gasteiger partial charge < -0.3 is 9.47 Å². The van der Waals surface area contributed by atoms with Gasteiger partial charge in [0, 0.05) is 33.4 Å². The molecule has 0 saturated heterocycles. The summed E-state index contributed by atoms with van der Waals surface area (Å²) in [5, 5.41) is 2.48. The fourth-order valence-electron chi connectivity index (χ4n) is 10.1. The third kappa shape index (κ3) is 4.47. The van der Waals surface area contributed by atoms with Gasteiger partial charge in [0.15, 0.2) is 0 Å². The summed E-state index contributed by atoms with van der Waals surface area (Å²) < 4.78 is 2.41. The van der Waals surface area contributed by atoms with Crippen LogP contribution in [-0.2, 0) is 5.41 Å². The Labute approximate surface area is 332 Å². The van der Waals surface area contributed by atoms with Crippen LogP contribution in [0.4, 0.5) is 17.1 Å². The highest BCUT2D eigenvalue weighted by Gasteiger charge is 2.51. The van der Waals surface area contributed by atoms with Crippen LogP contribution < -0.4 is 4.90 Å². The van der Waals surface area contributed by atoms with E-state index >= 15 is 0 Å². The van der Waals surface area contributed by atoms with Gasteiger partial charge in [0.1, 0.15) is 0 Å². The predicted octanol–water partition coefficient (Wildman–Crippen LogP) is 14.3. The Bertz CT molecular complexity index is 3130. The Morgan fingerprint density at radius 3 is 1.51 bits per heavy atom. The largest absolute Gasteiger partial charge is 0.310 e. The Balaban J connectivity index is 1.16. The number of aromatic nitrogens is 1. The second-order valence-electron chi connectivity index (χ2n) is 15.2. The molecule has 2 nitrogen and oxygen atoms in total. The second kappa shape index (κ2) is 12.3. The van der Waals surface area contributed by atoms with E-state index in [1.165, 1.54) is 77.4 Å². The average Bonchev–Trinajstić information content (AvgIpc) is 3.89. The minimum absolute atomic E-state index is 0.441. The average molecular weight is 725 g/mol. The first-order chi connectivity index (χ1) is 28.3. The summed E-state index contributed by atoms with van der Waals surface area (Å²) in [6.07, 6.45) is 0. The van der Waals surface area contributed by atoms with Crippen molar-refractivity contribution in [1.82, 2.24) is 4.57 Å². The fraction of sp³-hybridized carbons (Fsp3) is 0.0182. The predicted molar refractivity (Wildman–Crippen MR) is 237 cm³/mol. The molecular weight excluding hydrogens is 689 g/mol. The molecule has 0 fully saturated rings. The van der Waals surface area contributed by atoms with Crippen molar-refractivity contribution in [3.05, 3.63) is 241 Å². The number of benzene rings is 9. The molecule has 12 rings (SSSR count). The van der Waals surface area contributed by atoms with Crippen molar-refractivity contribution in [2.24, 2.45) is 0 Å². The highest BCUT2D eigenvalue weighted by atomic mass is 15.1. The van der Waals surface area contributed by atoms with Gasteiger partial charge in [-0.05, 0) is 98.6 Å². The van der Waals surface area contributed by atoms with E-state index in [0.717, 1.165) is 22.7 Å². The quantitative estimate of drug-likeness (QED) is 0.172. The SMILES string of the molecule is c1ccc(-c2ccccc2N(c2ccc3c(c2)C2(c4ccccc4-c4ccccc42)c2ccccc2-3)c2ccc3c4ccccc4n(-c4ccccc4)c3c2)cc1. The first-order valence-corrected chi connectivity index (χ1v) is 19.8. The molecule has 0 radical (unpaired) electrons. The smallest absolute Gasteiger partial charge is 0.0726 e. The lowest BCUT2D eigenvalue weighted by molar-refractivity contribution is 0.793. The molecule has 0 unspecified atom stereocenters. The molecule has 10 aromatic rings. The molecule has 0 amide bonds. The van der Waals surface area contributed by atoms with Crippen LogP contribution in [-0.4, -0.2) is 4.57 Å². The van der Waals surface area contributed by atoms with Crippen molar-refractivity contribution in [2.75, 3.05) is 4.90 Å². The van der Waals surface area contributed by atoms with Crippen molar-refractivity contribution in [3.63, 3.8) is 0 Å². The summed E-state index contributed by atoms with van der Waals surface area (Å²) in [5.74, 6) is 0. The van der Waals surface area contributed by atoms with Crippen LogP contribution >= 0.6 is 0 Å². The molecule has 0 bridgehead atoms. The maximum atomic E-state index is 2.49. The van der Waals surface area contributed by atoms with E-state index in [1.807, 2.05) is 0 Å². The molecule has 0 N–H and O–H groups in total. The van der Waals surface area contributed by atoms with E-state index < -0.39 is 5.41 Å². The van der Waals surface area contributed by atoms with E-state index in [1.54, 1.807) is 0 Å². The monoisotopic (exact) mass is 724 g/mol. The van der Waals surface area contributed by atoms with Crippen LogP contribution in [0.25, 0.3) is 60.9 Å². The van der Waals surface area contributed by atoms with E-state index in [9.17, 15) is 0 Å². The van der Waals surface area contributed by atoms with E-state index in [-0.39, 0.29) is 0 Å². The molecule has 2 aliphatic carbocycles. The first kappa shape index (κ1) is 31.9. The number of anilines is 3. The topological polar surface area (TPSA) is 8.17 Å². The van der Waals surface area contributed by atoms with Crippen LogP contribution in [0, 0.1) is 0 Å². The van der Waals surface area contributed by atoms with Crippen molar-refractivity contribution in [3.8, 4) is 39.1 Å². The number of hydrogen-bond acceptors (Lipinski definition) is 1. The zero-order chi connectivity index (χ0) is 37.5. The third-order valence-corrected chi connectivity index (χ3v) is 12.4. The van der Waals surface area contributed by atoms with Crippen molar-refractivity contribution >= 4 is 38.9 Å². The highest BCUT2D eigenvalue weighted by molar-refractivity contribution is 6.10. The molecule has 1 spiro atoms. The maximum Gasteiger partial charge on any atom is 0.0726 e. The summed E-state index contributed by atoms with van der Waals surface area (Å²) in [5.41, 5.74) is 19.4. The van der Waals surface area contributed by atoms with Gasteiger partial charge >= 0.3 is 0 Å². The Morgan fingerprint density at radius 1 is 0.333 bits per heavy atom. The molecule has 9 aromatic carbocycles. The van der Waals surface area contributed by atoms with Crippen molar-refractivity contribution in [1.29, 1.82) is 0 Å². The van der Waals surface area contributed by atoms with Crippen LogP contribution in [0.1, 0.15) is 22.3 Å². The summed E-state index contributed by atoms with van der Waals surface area (Å²) in [7, 11) is 0. The molecule has 2 heteroatoms. The molecule has 57 heavy (non-hydrogen) atoms. The molecule has 0 aliphatic heterocycles. The fourth-order valence-corrected chi connectivity index (χ4v) is 10.1. The lowest BCUT2D eigenvalue weighted by Gasteiger charge is -2.32. The Hall–Kier alpha value is -7.42. The molecule has 266 valence electrons. The van der Waals surface area contributed by atoms with Gasteiger partial charge in [-0.2, -0.15) is 0 Å². The van der Waals surface area contributed by atoms with Crippen LogP contribution in [0.2, 0.25) is 0 Å². The third-order valence-electron chi connectivity index (χ3n) is 12.4. The summed E-state index contributed by atoms with van der Waals surface area (Å²) >= 11 is 0. The first-order valence-electron chi connectivity index (χ1n) is 19.8. The summed E-state index contributed by atoms with van der Waals surface area (Å²) in [6, 6.07) is 80.5. The van der Waals surface area contributed by atoms with Gasteiger partial charge in [0.25, 0.3) is 0 Å². The van der Waals surface area contributed by atoms with Crippen molar-refractivity contribution < 1.29 is 0 Å². The summed E-state index contributed by atoms with van der Waals surface area (Å²) in [6.45, 7) is 0. The number of rotatable bonds is 5. The maximum absolute atomic E-state index is 2.49. The van der Waals surface area contributed by atoms with E-state index in [2.05, 4.69) is 228 Å². The van der Waals surface area contributed by atoms with Crippen molar-refractivity contribution in [2.45, 2.75) is 5.41 Å². The minimum atomic E-state index is -0.441. The highest BCUT2D eigenvalue weighted by Crippen LogP contribution is 2.63. The van der Waals surface area contributed by atoms with Gasteiger partial charge in [-0.15, -0.1) is 0 Å². The number of nitrogens with zero attached hydrogens (tertiary/aromatic N) is 2. The number of para-hydroxylation sites is 3. The number of fused-ring (bicyclic) bond motifs is 13. The Kier molecular flexibility index (Phi) is 6.88. The summed E-state index contributed by atoms with van der Waals surface area (Å²) in [4.78, 5) is 2.48. The van der Waals surface area contributed by atoms with Crippen LogP contribution in [0.3, 0.4) is 0 Å². The van der Waals surface area contributed by atoms with Gasteiger partial charge in [-0.1, -0.05) is 170 Å². The van der Waals surface area contributed by atoms with E-state index in [4.69, 9.17) is 0 Å². The zero-order valence-electron chi connectivity index (χ0n) is 31.2.